The van der Waals surface area contributed by atoms with E-state index < -0.39 is 6.04 Å². The van der Waals surface area contributed by atoms with E-state index in [1.807, 2.05) is 19.1 Å². The van der Waals surface area contributed by atoms with Crippen molar-refractivity contribution in [3.05, 3.63) is 29.8 Å². The molecule has 0 aromatic heterocycles. The van der Waals surface area contributed by atoms with Crippen molar-refractivity contribution in [3.63, 3.8) is 0 Å². The van der Waals surface area contributed by atoms with Crippen LogP contribution in [0.4, 0.5) is 10.5 Å². The maximum Gasteiger partial charge on any atom is 0.319 e. The summed E-state index contributed by atoms with van der Waals surface area (Å²) in [5.74, 6) is -0.0487. The van der Waals surface area contributed by atoms with Crippen molar-refractivity contribution in [1.29, 1.82) is 0 Å². The number of nitrogens with one attached hydrogen (secondary N) is 2. The number of amides is 3. The van der Waals surface area contributed by atoms with Crippen LogP contribution in [0.3, 0.4) is 0 Å². The third-order valence-corrected chi connectivity index (χ3v) is 3.43. The lowest BCUT2D eigenvalue weighted by atomic mass is 10.1. The van der Waals surface area contributed by atoms with Crippen LogP contribution in [-0.2, 0) is 4.79 Å². The molecule has 4 N–H and O–H groups in total. The summed E-state index contributed by atoms with van der Waals surface area (Å²) in [6.45, 7) is 2.57. The number of carbonyl (C=O) groups is 2. The molecule has 2 atom stereocenters. The Bertz CT molecular complexity index is 498. The number of anilines is 1. The lowest BCUT2D eigenvalue weighted by molar-refractivity contribution is -0.128. The highest BCUT2D eigenvalue weighted by Crippen LogP contribution is 2.14. The summed E-state index contributed by atoms with van der Waals surface area (Å²) in [7, 11) is 1.73. The van der Waals surface area contributed by atoms with Crippen LogP contribution in [0, 0.1) is 0 Å². The van der Waals surface area contributed by atoms with Crippen molar-refractivity contribution in [3.8, 4) is 0 Å². The lowest BCUT2D eigenvalue weighted by Crippen LogP contribution is -2.42. The Kier molecular flexibility index (Phi) is 4.24. The van der Waals surface area contributed by atoms with Crippen LogP contribution in [0.5, 0.6) is 0 Å². The van der Waals surface area contributed by atoms with Gasteiger partial charge in [0.25, 0.3) is 0 Å². The van der Waals surface area contributed by atoms with Gasteiger partial charge < -0.3 is 21.3 Å². The zero-order valence-corrected chi connectivity index (χ0v) is 11.7. The van der Waals surface area contributed by atoms with E-state index in [0.717, 1.165) is 5.56 Å². The molecule has 2 rings (SSSR count). The van der Waals surface area contributed by atoms with E-state index in [2.05, 4.69) is 10.6 Å². The Hall–Kier alpha value is -2.08. The van der Waals surface area contributed by atoms with Crippen LogP contribution in [0.2, 0.25) is 0 Å². The normalized spacial score (nSPS) is 19.9. The second-order valence-electron chi connectivity index (χ2n) is 5.11. The number of hydrogen-bond donors (Lipinski definition) is 3. The molecule has 1 aromatic carbocycles. The molecule has 0 spiro atoms. The summed E-state index contributed by atoms with van der Waals surface area (Å²) in [4.78, 5) is 25.1. The SMILES string of the molecule is CC(N)c1ccc(NC(=O)NC2CCN(C)C2=O)cc1. The Morgan fingerprint density at radius 2 is 2.05 bits per heavy atom. The first-order valence-electron chi connectivity index (χ1n) is 6.65. The maximum absolute atomic E-state index is 11.8. The summed E-state index contributed by atoms with van der Waals surface area (Å²) >= 11 is 0. The Balaban J connectivity index is 1.90. The number of likely N-dealkylation sites (N-methyl/N-ethyl adjacent to an activating group) is 1. The highest BCUT2D eigenvalue weighted by Gasteiger charge is 2.30. The summed E-state index contributed by atoms with van der Waals surface area (Å²) in [5.41, 5.74) is 7.44. The molecule has 0 radical (unpaired) electrons. The predicted octanol–water partition coefficient (Wildman–Crippen LogP) is 1.06. The molecule has 6 nitrogen and oxygen atoms in total. The van der Waals surface area contributed by atoms with Gasteiger partial charge in [-0.25, -0.2) is 4.79 Å². The molecular formula is C14H20N4O2. The predicted molar refractivity (Wildman–Crippen MR) is 77.2 cm³/mol. The van der Waals surface area contributed by atoms with Gasteiger partial charge in [0.05, 0.1) is 0 Å². The summed E-state index contributed by atoms with van der Waals surface area (Å²) in [5, 5.41) is 5.39. The molecule has 1 aliphatic heterocycles. The molecule has 1 aliphatic rings. The van der Waals surface area contributed by atoms with Crippen LogP contribution >= 0.6 is 0 Å². The van der Waals surface area contributed by atoms with E-state index in [-0.39, 0.29) is 18.0 Å². The first-order valence-corrected chi connectivity index (χ1v) is 6.65. The van der Waals surface area contributed by atoms with Gasteiger partial charge in [0.1, 0.15) is 6.04 Å². The molecule has 0 bridgehead atoms. The number of nitrogens with two attached hydrogens (primary N) is 1. The molecule has 1 saturated heterocycles. The molecule has 20 heavy (non-hydrogen) atoms. The summed E-state index contributed by atoms with van der Waals surface area (Å²) in [6, 6.07) is 6.49. The first-order chi connectivity index (χ1) is 9.47. The minimum absolute atomic E-state index is 0.0375. The molecule has 1 fully saturated rings. The molecule has 0 saturated carbocycles. The van der Waals surface area contributed by atoms with Crippen LogP contribution in [0.1, 0.15) is 24.9 Å². The molecule has 2 unspecified atom stereocenters. The first kappa shape index (κ1) is 14.3. The van der Waals surface area contributed by atoms with Gasteiger partial charge >= 0.3 is 6.03 Å². The molecule has 1 aromatic rings. The van der Waals surface area contributed by atoms with E-state index in [4.69, 9.17) is 5.73 Å². The van der Waals surface area contributed by atoms with Crippen molar-refractivity contribution < 1.29 is 9.59 Å². The third-order valence-electron chi connectivity index (χ3n) is 3.43. The highest BCUT2D eigenvalue weighted by molar-refractivity contribution is 5.94. The topological polar surface area (TPSA) is 87.5 Å². The Labute approximate surface area is 118 Å². The maximum atomic E-state index is 11.8. The van der Waals surface area contributed by atoms with Gasteiger partial charge in [0, 0.05) is 25.3 Å². The van der Waals surface area contributed by atoms with Crippen LogP contribution in [0.15, 0.2) is 24.3 Å². The zero-order valence-electron chi connectivity index (χ0n) is 11.7. The number of hydrogen-bond acceptors (Lipinski definition) is 3. The molecule has 6 heteroatoms. The second kappa shape index (κ2) is 5.92. The van der Waals surface area contributed by atoms with Gasteiger partial charge in [-0.1, -0.05) is 12.1 Å². The van der Waals surface area contributed by atoms with E-state index in [1.54, 1.807) is 24.1 Å². The average molecular weight is 276 g/mol. The van der Waals surface area contributed by atoms with E-state index in [9.17, 15) is 9.59 Å². The van der Waals surface area contributed by atoms with Gasteiger partial charge in [-0.3, -0.25) is 4.79 Å². The van der Waals surface area contributed by atoms with Crippen molar-refractivity contribution in [1.82, 2.24) is 10.2 Å². The number of benzene rings is 1. The Morgan fingerprint density at radius 1 is 1.40 bits per heavy atom. The van der Waals surface area contributed by atoms with Crippen LogP contribution < -0.4 is 16.4 Å². The van der Waals surface area contributed by atoms with Crippen molar-refractivity contribution >= 4 is 17.6 Å². The quantitative estimate of drug-likeness (QED) is 0.771. The monoisotopic (exact) mass is 276 g/mol. The number of nitrogens with zero attached hydrogens (tertiary/aromatic N) is 1. The van der Waals surface area contributed by atoms with Crippen molar-refractivity contribution in [2.24, 2.45) is 5.73 Å². The van der Waals surface area contributed by atoms with Crippen LogP contribution in [-0.4, -0.2) is 36.5 Å². The third kappa shape index (κ3) is 3.27. The Morgan fingerprint density at radius 3 is 2.55 bits per heavy atom. The molecular weight excluding hydrogens is 256 g/mol. The minimum atomic E-state index is -0.427. The minimum Gasteiger partial charge on any atom is -0.344 e. The molecule has 108 valence electrons. The molecule has 0 aliphatic carbocycles. The van der Waals surface area contributed by atoms with Crippen molar-refractivity contribution in [2.75, 3.05) is 18.9 Å². The molecule has 1 heterocycles. The van der Waals surface area contributed by atoms with E-state index in [1.165, 1.54) is 0 Å². The van der Waals surface area contributed by atoms with E-state index >= 15 is 0 Å². The standard InChI is InChI=1S/C14H20N4O2/c1-9(15)10-3-5-11(6-4-10)16-14(20)17-12-7-8-18(2)13(12)19/h3-6,9,12H,7-8,15H2,1-2H3,(H2,16,17,20). The summed E-state index contributed by atoms with van der Waals surface area (Å²) in [6.07, 6.45) is 0.645. The smallest absolute Gasteiger partial charge is 0.319 e. The summed E-state index contributed by atoms with van der Waals surface area (Å²) < 4.78 is 0. The van der Waals surface area contributed by atoms with Gasteiger partial charge in [0.15, 0.2) is 0 Å². The largest absolute Gasteiger partial charge is 0.344 e. The number of rotatable bonds is 3. The van der Waals surface area contributed by atoms with Gasteiger partial charge in [-0.2, -0.15) is 0 Å². The fraction of sp³-hybridized carbons (Fsp3) is 0.429. The second-order valence-corrected chi connectivity index (χ2v) is 5.11. The van der Waals surface area contributed by atoms with Crippen molar-refractivity contribution in [2.45, 2.75) is 25.4 Å². The fourth-order valence-electron chi connectivity index (χ4n) is 2.15. The fourth-order valence-corrected chi connectivity index (χ4v) is 2.15. The van der Waals surface area contributed by atoms with Crippen LogP contribution in [0.25, 0.3) is 0 Å². The van der Waals surface area contributed by atoms with Gasteiger partial charge in [-0.15, -0.1) is 0 Å². The number of urea groups is 1. The number of carbonyl (C=O) groups excluding carboxylic acids is 2. The zero-order chi connectivity index (χ0) is 14.7. The van der Waals surface area contributed by atoms with Gasteiger partial charge in [0.2, 0.25) is 5.91 Å². The van der Waals surface area contributed by atoms with E-state index in [0.29, 0.717) is 18.7 Å². The average Bonchev–Trinajstić information content (AvgIpc) is 2.71. The highest BCUT2D eigenvalue weighted by atomic mass is 16.2. The number of likely N-dealkylation sites (tertiary alicyclic amines) is 1. The van der Waals surface area contributed by atoms with Gasteiger partial charge in [-0.05, 0) is 31.0 Å². The lowest BCUT2D eigenvalue weighted by Gasteiger charge is -2.13. The molecule has 3 amide bonds.